The summed E-state index contributed by atoms with van der Waals surface area (Å²) in [5.41, 5.74) is 3.58. The summed E-state index contributed by atoms with van der Waals surface area (Å²) in [6.07, 6.45) is 11.1. The molecule has 2 heteroatoms. The number of fused-ring (bicyclic) bond motifs is 1. The summed E-state index contributed by atoms with van der Waals surface area (Å²) in [5, 5.41) is 1.23. The van der Waals surface area contributed by atoms with Crippen LogP contribution in [-0.4, -0.2) is 11.2 Å². The van der Waals surface area contributed by atoms with Gasteiger partial charge in [0, 0.05) is 29.2 Å². The van der Waals surface area contributed by atoms with Crippen molar-refractivity contribution in [2.45, 2.75) is 46.5 Å². The minimum Gasteiger partial charge on any atom is -0.493 e. The van der Waals surface area contributed by atoms with Gasteiger partial charge in [-0.2, -0.15) is 0 Å². The van der Waals surface area contributed by atoms with E-state index in [1.165, 1.54) is 42.1 Å². The molecule has 1 heterocycles. The molecule has 0 radical (unpaired) electrons. The highest BCUT2D eigenvalue weighted by molar-refractivity contribution is 5.94. The maximum atomic E-state index is 6.12. The lowest BCUT2D eigenvalue weighted by molar-refractivity contribution is 0.233. The third-order valence-corrected chi connectivity index (χ3v) is 4.81. The molecular weight excluding hydrogens is 294 g/mol. The van der Waals surface area contributed by atoms with Gasteiger partial charge >= 0.3 is 0 Å². The van der Waals surface area contributed by atoms with Gasteiger partial charge < -0.3 is 9.30 Å². The lowest BCUT2D eigenvalue weighted by atomic mass is 10.0. The Hall–Kier alpha value is -1.96. The number of aryl methyl sites for hydroxylation is 1. The number of hydrogen-bond donors (Lipinski definition) is 0. The smallest absolute Gasteiger partial charge is 0.120 e. The van der Waals surface area contributed by atoms with E-state index in [0.717, 1.165) is 18.1 Å². The first-order valence-corrected chi connectivity index (χ1v) is 9.16. The summed E-state index contributed by atoms with van der Waals surface area (Å²) in [4.78, 5) is 0. The average Bonchev–Trinajstić information content (AvgIpc) is 2.87. The molecule has 0 saturated heterocycles. The maximum absolute atomic E-state index is 6.12. The van der Waals surface area contributed by atoms with E-state index in [1.807, 2.05) is 13.0 Å². The predicted molar refractivity (Wildman–Crippen MR) is 107 cm³/mol. The summed E-state index contributed by atoms with van der Waals surface area (Å²) < 4.78 is 8.31. The van der Waals surface area contributed by atoms with Gasteiger partial charge in [0.1, 0.15) is 5.75 Å². The second-order valence-corrected chi connectivity index (χ2v) is 6.47. The average molecular weight is 325 g/mol. The molecule has 0 aliphatic heterocycles. The summed E-state index contributed by atoms with van der Waals surface area (Å²) in [7, 11) is 2.09. The second kappa shape index (κ2) is 8.77. The van der Waals surface area contributed by atoms with E-state index in [9.17, 15) is 0 Å². The van der Waals surface area contributed by atoms with Gasteiger partial charge in [0.15, 0.2) is 0 Å². The van der Waals surface area contributed by atoms with Crippen molar-refractivity contribution in [3.05, 3.63) is 42.1 Å². The summed E-state index contributed by atoms with van der Waals surface area (Å²) >= 11 is 0. The molecule has 1 aromatic carbocycles. The van der Waals surface area contributed by atoms with Crippen molar-refractivity contribution >= 4 is 23.1 Å². The molecular formula is C22H31NO. The van der Waals surface area contributed by atoms with Crippen LogP contribution in [-0.2, 0) is 7.05 Å². The molecule has 1 aromatic heterocycles. The highest BCUT2D eigenvalue weighted by Gasteiger charge is 2.12. The van der Waals surface area contributed by atoms with Gasteiger partial charge in [0.2, 0.25) is 0 Å². The SMILES string of the molecule is C=Cc1c(/C=C\C)c2cc(OCC(CC)CCCC)ccc2n1C. The molecule has 0 fully saturated rings. The van der Waals surface area contributed by atoms with Crippen molar-refractivity contribution in [2.75, 3.05) is 6.61 Å². The van der Waals surface area contributed by atoms with E-state index in [0.29, 0.717) is 5.92 Å². The van der Waals surface area contributed by atoms with Gasteiger partial charge in [-0.25, -0.2) is 0 Å². The van der Waals surface area contributed by atoms with Gasteiger partial charge in [-0.1, -0.05) is 51.8 Å². The first-order valence-electron chi connectivity index (χ1n) is 9.16. The highest BCUT2D eigenvalue weighted by atomic mass is 16.5. The zero-order chi connectivity index (χ0) is 17.5. The molecule has 2 aromatic rings. The molecule has 130 valence electrons. The third kappa shape index (κ3) is 3.92. The van der Waals surface area contributed by atoms with Crippen LogP contribution in [0.4, 0.5) is 0 Å². The van der Waals surface area contributed by atoms with Crippen molar-refractivity contribution in [1.82, 2.24) is 4.57 Å². The quantitative estimate of drug-likeness (QED) is 0.517. The van der Waals surface area contributed by atoms with Crippen LogP contribution in [0.25, 0.3) is 23.1 Å². The van der Waals surface area contributed by atoms with Crippen molar-refractivity contribution in [3.8, 4) is 5.75 Å². The lowest BCUT2D eigenvalue weighted by Gasteiger charge is -2.15. The molecule has 0 N–H and O–H groups in total. The monoisotopic (exact) mass is 325 g/mol. The normalized spacial score (nSPS) is 12.8. The fraction of sp³-hybridized carbons (Fsp3) is 0.455. The Morgan fingerprint density at radius 1 is 1.29 bits per heavy atom. The minimum absolute atomic E-state index is 0.648. The van der Waals surface area contributed by atoms with Crippen LogP contribution >= 0.6 is 0 Å². The van der Waals surface area contributed by atoms with E-state index < -0.39 is 0 Å². The Kier molecular flexibility index (Phi) is 6.72. The Labute approximate surface area is 146 Å². The molecule has 0 aliphatic rings. The molecule has 0 bridgehead atoms. The number of rotatable bonds is 9. The molecule has 1 unspecified atom stereocenters. The summed E-state index contributed by atoms with van der Waals surface area (Å²) in [6, 6.07) is 6.41. The molecule has 0 amide bonds. The van der Waals surface area contributed by atoms with E-state index in [1.54, 1.807) is 0 Å². The Balaban J connectivity index is 2.27. The van der Waals surface area contributed by atoms with Crippen LogP contribution in [0.2, 0.25) is 0 Å². The van der Waals surface area contributed by atoms with Crippen LogP contribution in [0.15, 0.2) is 30.9 Å². The van der Waals surface area contributed by atoms with Crippen LogP contribution in [0.5, 0.6) is 5.75 Å². The number of ether oxygens (including phenoxy) is 1. The first-order chi connectivity index (χ1) is 11.7. The molecule has 1 atom stereocenters. The first kappa shape index (κ1) is 18.4. The fourth-order valence-corrected chi connectivity index (χ4v) is 3.26. The van der Waals surface area contributed by atoms with E-state index in [-0.39, 0.29) is 0 Å². The standard InChI is InChI=1S/C22H31NO/c1-6-10-12-17(8-3)16-24-18-13-14-22-20(15-18)19(11-7-2)21(9-4)23(22)5/h7,9,11,13-15,17H,4,6,8,10,12,16H2,1-3,5H3/b11-7-. The molecule has 0 aliphatic carbocycles. The third-order valence-electron chi connectivity index (χ3n) is 4.81. The topological polar surface area (TPSA) is 14.2 Å². The van der Waals surface area contributed by atoms with Crippen molar-refractivity contribution in [2.24, 2.45) is 13.0 Å². The zero-order valence-electron chi connectivity index (χ0n) is 15.6. The molecule has 2 rings (SSSR count). The van der Waals surface area contributed by atoms with Gasteiger partial charge in [0.05, 0.1) is 6.61 Å². The van der Waals surface area contributed by atoms with Crippen LogP contribution in [0.1, 0.15) is 57.7 Å². The van der Waals surface area contributed by atoms with Crippen molar-refractivity contribution in [3.63, 3.8) is 0 Å². The molecule has 0 spiro atoms. The number of hydrogen-bond acceptors (Lipinski definition) is 1. The van der Waals surface area contributed by atoms with Crippen LogP contribution < -0.4 is 4.74 Å². The largest absolute Gasteiger partial charge is 0.493 e. The van der Waals surface area contributed by atoms with Gasteiger partial charge in [-0.3, -0.25) is 0 Å². The van der Waals surface area contributed by atoms with E-state index in [4.69, 9.17) is 4.74 Å². The fourth-order valence-electron chi connectivity index (χ4n) is 3.26. The van der Waals surface area contributed by atoms with Crippen molar-refractivity contribution < 1.29 is 4.74 Å². The molecule has 2 nitrogen and oxygen atoms in total. The lowest BCUT2D eigenvalue weighted by Crippen LogP contribution is -2.11. The second-order valence-electron chi connectivity index (χ2n) is 6.47. The Bertz CT molecular complexity index is 708. The zero-order valence-corrected chi connectivity index (χ0v) is 15.6. The number of nitrogens with zero attached hydrogens (tertiary/aromatic N) is 1. The Morgan fingerprint density at radius 2 is 2.08 bits per heavy atom. The predicted octanol–water partition coefficient (Wildman–Crippen LogP) is 6.45. The maximum Gasteiger partial charge on any atom is 0.120 e. The highest BCUT2D eigenvalue weighted by Crippen LogP contribution is 2.31. The van der Waals surface area contributed by atoms with Gasteiger partial charge in [0.25, 0.3) is 0 Å². The van der Waals surface area contributed by atoms with Gasteiger partial charge in [-0.15, -0.1) is 0 Å². The number of allylic oxidation sites excluding steroid dienone is 1. The summed E-state index contributed by atoms with van der Waals surface area (Å²) in [5.74, 6) is 1.61. The molecule has 0 saturated carbocycles. The number of benzene rings is 1. The number of unbranched alkanes of at least 4 members (excludes halogenated alkanes) is 1. The van der Waals surface area contributed by atoms with E-state index in [2.05, 4.69) is 62.4 Å². The van der Waals surface area contributed by atoms with E-state index >= 15 is 0 Å². The number of aromatic nitrogens is 1. The Morgan fingerprint density at radius 3 is 2.71 bits per heavy atom. The van der Waals surface area contributed by atoms with Crippen LogP contribution in [0.3, 0.4) is 0 Å². The molecule has 24 heavy (non-hydrogen) atoms. The van der Waals surface area contributed by atoms with Crippen molar-refractivity contribution in [1.29, 1.82) is 0 Å². The minimum atomic E-state index is 0.648. The van der Waals surface area contributed by atoms with Crippen LogP contribution in [0, 0.1) is 5.92 Å². The summed E-state index contributed by atoms with van der Waals surface area (Å²) in [6.45, 7) is 11.3. The van der Waals surface area contributed by atoms with Gasteiger partial charge in [-0.05, 0) is 43.5 Å².